The van der Waals surface area contributed by atoms with Gasteiger partial charge in [0.15, 0.2) is 0 Å². The van der Waals surface area contributed by atoms with Gasteiger partial charge in [-0.1, -0.05) is 42.5 Å². The number of carbonyl (C=O) groups is 2. The number of hydrogen-bond acceptors (Lipinski definition) is 4. The topological polar surface area (TPSA) is 51.5 Å². The normalized spacial score (nSPS) is 15.2. The molecule has 6 heteroatoms. The number of fused-ring (bicyclic) bond motifs is 1. The molecule has 1 aromatic heterocycles. The van der Waals surface area contributed by atoms with Crippen molar-refractivity contribution >= 4 is 39.8 Å². The van der Waals surface area contributed by atoms with Crippen LogP contribution in [0.25, 0.3) is 22.5 Å². The van der Waals surface area contributed by atoms with Crippen molar-refractivity contribution in [1.82, 2.24) is 9.47 Å². The molecule has 4 aromatic rings. The van der Waals surface area contributed by atoms with Gasteiger partial charge in [0.2, 0.25) is 0 Å². The SMILES string of the molecule is COc1ccc(-n2cccc2/C=C2/SC(=O)N(Cc3cccc4ccccc34)C2=O)cc1. The Kier molecular flexibility index (Phi) is 5.29. The second kappa shape index (κ2) is 8.40. The highest BCUT2D eigenvalue weighted by Gasteiger charge is 2.35. The Morgan fingerprint density at radius 3 is 2.50 bits per heavy atom. The largest absolute Gasteiger partial charge is 0.497 e. The van der Waals surface area contributed by atoms with Crippen LogP contribution in [0.1, 0.15) is 11.3 Å². The third-order valence-electron chi connectivity index (χ3n) is 5.49. The van der Waals surface area contributed by atoms with E-state index in [0.29, 0.717) is 4.91 Å². The van der Waals surface area contributed by atoms with Crippen LogP contribution >= 0.6 is 11.8 Å². The number of amides is 2. The summed E-state index contributed by atoms with van der Waals surface area (Å²) < 4.78 is 7.20. The standard InChI is InChI=1S/C26H20N2O3S/c1-31-22-13-11-20(12-14-22)27-15-5-9-21(27)16-24-25(29)28(26(30)32-24)17-19-8-4-7-18-6-2-3-10-23(18)19/h2-16H,17H2,1H3/b24-16+. The highest BCUT2D eigenvalue weighted by atomic mass is 32.2. The lowest BCUT2D eigenvalue weighted by Crippen LogP contribution is -2.27. The highest BCUT2D eigenvalue weighted by Crippen LogP contribution is 2.34. The van der Waals surface area contributed by atoms with Gasteiger partial charge < -0.3 is 9.30 Å². The summed E-state index contributed by atoms with van der Waals surface area (Å²) in [5.74, 6) is 0.507. The van der Waals surface area contributed by atoms with E-state index >= 15 is 0 Å². The highest BCUT2D eigenvalue weighted by molar-refractivity contribution is 8.18. The molecule has 1 aliphatic rings. The summed E-state index contributed by atoms with van der Waals surface area (Å²) in [5.41, 5.74) is 2.72. The number of methoxy groups -OCH3 is 1. The number of nitrogens with zero attached hydrogens (tertiary/aromatic N) is 2. The third-order valence-corrected chi connectivity index (χ3v) is 6.40. The number of ether oxygens (including phenoxy) is 1. The summed E-state index contributed by atoms with van der Waals surface area (Å²) in [6.45, 7) is 0.253. The summed E-state index contributed by atoms with van der Waals surface area (Å²) >= 11 is 0.980. The number of benzene rings is 3. The van der Waals surface area contributed by atoms with E-state index in [2.05, 4.69) is 0 Å². The van der Waals surface area contributed by atoms with Crippen LogP contribution in [0.15, 0.2) is 90.0 Å². The summed E-state index contributed by atoms with van der Waals surface area (Å²) in [5, 5.41) is 1.88. The van der Waals surface area contributed by atoms with Crippen molar-refractivity contribution in [3.8, 4) is 11.4 Å². The molecule has 0 radical (unpaired) electrons. The molecule has 1 fully saturated rings. The summed E-state index contributed by atoms with van der Waals surface area (Å²) in [7, 11) is 1.63. The van der Waals surface area contributed by atoms with Gasteiger partial charge in [-0.25, -0.2) is 0 Å². The van der Waals surface area contributed by atoms with Gasteiger partial charge in [-0.2, -0.15) is 0 Å². The Labute approximate surface area is 189 Å². The van der Waals surface area contributed by atoms with Gasteiger partial charge in [0.25, 0.3) is 11.1 Å². The average Bonchev–Trinajstić information content (AvgIpc) is 3.39. The Bertz CT molecular complexity index is 1350. The van der Waals surface area contributed by atoms with E-state index in [1.165, 1.54) is 4.90 Å². The second-order valence-corrected chi connectivity index (χ2v) is 8.40. The second-order valence-electron chi connectivity index (χ2n) is 7.41. The van der Waals surface area contributed by atoms with Crippen molar-refractivity contribution in [3.05, 3.63) is 101 Å². The molecule has 0 atom stereocenters. The molecule has 1 saturated heterocycles. The van der Waals surface area contributed by atoms with Crippen LogP contribution in [-0.4, -0.2) is 27.7 Å². The minimum absolute atomic E-state index is 0.253. The molecule has 3 aromatic carbocycles. The number of imide groups is 1. The molecule has 32 heavy (non-hydrogen) atoms. The summed E-state index contributed by atoms with van der Waals surface area (Å²) in [4.78, 5) is 27.5. The lowest BCUT2D eigenvalue weighted by atomic mass is 10.0. The van der Waals surface area contributed by atoms with E-state index in [1.54, 1.807) is 13.2 Å². The van der Waals surface area contributed by atoms with E-state index in [0.717, 1.165) is 45.2 Å². The molecule has 0 unspecified atom stereocenters. The zero-order valence-electron chi connectivity index (χ0n) is 17.4. The minimum atomic E-state index is -0.268. The van der Waals surface area contributed by atoms with Crippen molar-refractivity contribution in [3.63, 3.8) is 0 Å². The molecule has 0 aliphatic carbocycles. The van der Waals surface area contributed by atoms with Gasteiger partial charge in [-0.3, -0.25) is 14.5 Å². The predicted octanol–water partition coefficient (Wildman–Crippen LogP) is 5.88. The molecule has 5 nitrogen and oxygen atoms in total. The first-order valence-corrected chi connectivity index (χ1v) is 11.0. The maximum atomic E-state index is 13.1. The predicted molar refractivity (Wildman–Crippen MR) is 128 cm³/mol. The molecular formula is C26H20N2O3S. The molecule has 0 N–H and O–H groups in total. The number of hydrogen-bond donors (Lipinski definition) is 0. The van der Waals surface area contributed by atoms with Gasteiger partial charge in [0.1, 0.15) is 5.75 Å². The molecular weight excluding hydrogens is 420 g/mol. The van der Waals surface area contributed by atoms with Gasteiger partial charge in [-0.05, 0) is 70.6 Å². The minimum Gasteiger partial charge on any atom is -0.497 e. The zero-order valence-corrected chi connectivity index (χ0v) is 18.2. The maximum absolute atomic E-state index is 13.1. The van der Waals surface area contributed by atoms with Gasteiger partial charge in [0, 0.05) is 17.6 Å². The summed E-state index contributed by atoms with van der Waals surface area (Å²) in [6.07, 6.45) is 3.70. The van der Waals surface area contributed by atoms with Crippen molar-refractivity contribution in [1.29, 1.82) is 0 Å². The molecule has 5 rings (SSSR count). The number of carbonyl (C=O) groups excluding carboxylic acids is 2. The van der Waals surface area contributed by atoms with Crippen LogP contribution < -0.4 is 4.74 Å². The number of aromatic nitrogens is 1. The van der Waals surface area contributed by atoms with Crippen molar-refractivity contribution in [2.45, 2.75) is 6.54 Å². The Morgan fingerprint density at radius 1 is 0.906 bits per heavy atom. The molecule has 1 aliphatic heterocycles. The van der Waals surface area contributed by atoms with Crippen molar-refractivity contribution in [2.75, 3.05) is 7.11 Å². The molecule has 2 heterocycles. The van der Waals surface area contributed by atoms with Crippen molar-refractivity contribution in [2.24, 2.45) is 0 Å². The van der Waals surface area contributed by atoms with Crippen LogP contribution in [0, 0.1) is 0 Å². The van der Waals surface area contributed by atoms with Crippen LogP contribution in [0.3, 0.4) is 0 Å². The fourth-order valence-electron chi connectivity index (χ4n) is 3.86. The van der Waals surface area contributed by atoms with E-state index in [9.17, 15) is 9.59 Å². The molecule has 2 amide bonds. The average molecular weight is 441 g/mol. The van der Waals surface area contributed by atoms with Crippen LogP contribution in [0.5, 0.6) is 5.75 Å². The molecule has 158 valence electrons. The number of thioether (sulfide) groups is 1. The lowest BCUT2D eigenvalue weighted by molar-refractivity contribution is -0.123. The summed E-state index contributed by atoms with van der Waals surface area (Å²) in [6, 6.07) is 25.4. The van der Waals surface area contributed by atoms with E-state index < -0.39 is 0 Å². The molecule has 0 spiro atoms. The molecule has 0 saturated carbocycles. The van der Waals surface area contributed by atoms with Gasteiger partial charge in [0.05, 0.1) is 18.6 Å². The first-order valence-electron chi connectivity index (χ1n) is 10.2. The van der Waals surface area contributed by atoms with Crippen LogP contribution in [0.4, 0.5) is 4.79 Å². The monoisotopic (exact) mass is 440 g/mol. The fourth-order valence-corrected chi connectivity index (χ4v) is 4.68. The van der Waals surface area contributed by atoms with Crippen LogP contribution in [-0.2, 0) is 11.3 Å². The quantitative estimate of drug-likeness (QED) is 0.364. The van der Waals surface area contributed by atoms with Gasteiger partial charge >= 0.3 is 0 Å². The Balaban J connectivity index is 1.43. The maximum Gasteiger partial charge on any atom is 0.293 e. The van der Waals surface area contributed by atoms with E-state index in [1.807, 2.05) is 89.6 Å². The zero-order chi connectivity index (χ0) is 22.1. The van der Waals surface area contributed by atoms with Crippen LogP contribution in [0.2, 0.25) is 0 Å². The van der Waals surface area contributed by atoms with Crippen molar-refractivity contribution < 1.29 is 14.3 Å². The first-order chi connectivity index (χ1) is 15.6. The van der Waals surface area contributed by atoms with E-state index in [4.69, 9.17) is 4.74 Å². The first kappa shape index (κ1) is 20.2. The van der Waals surface area contributed by atoms with E-state index in [-0.39, 0.29) is 17.7 Å². The molecule has 0 bridgehead atoms. The number of rotatable bonds is 5. The van der Waals surface area contributed by atoms with Gasteiger partial charge in [-0.15, -0.1) is 0 Å². The lowest BCUT2D eigenvalue weighted by Gasteiger charge is -2.14. The Hall–Kier alpha value is -3.77. The fraction of sp³-hybridized carbons (Fsp3) is 0.0769. The Morgan fingerprint density at radius 2 is 1.69 bits per heavy atom. The smallest absolute Gasteiger partial charge is 0.293 e. The third kappa shape index (κ3) is 3.69.